The predicted octanol–water partition coefficient (Wildman–Crippen LogP) is 5.77. The molecule has 0 fully saturated rings. The molecule has 2 aromatic heterocycles. The lowest BCUT2D eigenvalue weighted by molar-refractivity contribution is -0.110. The molecule has 0 saturated carbocycles. The second-order valence-electron chi connectivity index (χ2n) is 7.25. The molecule has 1 aliphatic rings. The molecule has 4 aromatic rings. The van der Waals surface area contributed by atoms with Gasteiger partial charge in [0.05, 0.1) is 26.7 Å². The first-order valence-electron chi connectivity index (χ1n) is 9.58. The van der Waals surface area contributed by atoms with Crippen LogP contribution in [0, 0.1) is 13.8 Å². The maximum Gasteiger partial charge on any atom is 0.276 e. The van der Waals surface area contributed by atoms with Gasteiger partial charge in [-0.05, 0) is 49.7 Å². The third-order valence-corrected chi connectivity index (χ3v) is 6.29. The average Bonchev–Trinajstić information content (AvgIpc) is 3.24. The summed E-state index contributed by atoms with van der Waals surface area (Å²) in [5, 5.41) is 9.20. The summed E-state index contributed by atoms with van der Waals surface area (Å²) in [6.45, 7) is 3.98. The lowest BCUT2D eigenvalue weighted by atomic mass is 10.1. The lowest BCUT2D eigenvalue weighted by Crippen LogP contribution is -2.16. The monoisotopic (exact) mass is 484 g/mol. The Balaban J connectivity index is 1.63. The fourth-order valence-electron chi connectivity index (χ4n) is 3.82. The molecule has 5 rings (SSSR count). The molecule has 1 aliphatic heterocycles. The van der Waals surface area contributed by atoms with Crippen molar-refractivity contribution in [1.29, 1.82) is 0 Å². The molecule has 32 heavy (non-hydrogen) atoms. The van der Waals surface area contributed by atoms with E-state index in [-0.39, 0.29) is 5.71 Å². The Morgan fingerprint density at radius 2 is 1.84 bits per heavy atom. The van der Waals surface area contributed by atoms with Gasteiger partial charge < -0.3 is 5.32 Å². The fourth-order valence-corrected chi connectivity index (χ4v) is 4.46. The molecular formula is C22H15Cl3N6O. The summed E-state index contributed by atoms with van der Waals surface area (Å²) in [6, 6.07) is 10.8. The second kappa shape index (κ2) is 7.78. The Bertz CT molecular complexity index is 1460. The molecule has 2 N–H and O–H groups in total. The number of fused-ring (bicyclic) bond motifs is 2. The first-order chi connectivity index (χ1) is 15.4. The van der Waals surface area contributed by atoms with Crippen molar-refractivity contribution in [2.24, 2.45) is 5.10 Å². The number of hydrogen-bond acceptors (Lipinski definition) is 5. The van der Waals surface area contributed by atoms with Crippen LogP contribution in [0.3, 0.4) is 0 Å². The van der Waals surface area contributed by atoms with Crippen LogP contribution in [0.1, 0.15) is 16.8 Å². The van der Waals surface area contributed by atoms with Gasteiger partial charge in [0.1, 0.15) is 6.33 Å². The number of carbonyl (C=O) groups is 1. The summed E-state index contributed by atoms with van der Waals surface area (Å²) < 4.78 is 2.00. The molecule has 0 aliphatic carbocycles. The zero-order chi connectivity index (χ0) is 22.6. The van der Waals surface area contributed by atoms with Crippen molar-refractivity contribution in [2.75, 3.05) is 10.7 Å². The van der Waals surface area contributed by atoms with E-state index in [1.54, 1.807) is 12.1 Å². The number of aryl methyl sites for hydroxylation is 1. The number of halogens is 3. The van der Waals surface area contributed by atoms with E-state index < -0.39 is 5.91 Å². The van der Waals surface area contributed by atoms with Crippen molar-refractivity contribution in [3.63, 3.8) is 0 Å². The normalized spacial score (nSPS) is 14.2. The van der Waals surface area contributed by atoms with Crippen LogP contribution in [0.25, 0.3) is 16.7 Å². The SMILES string of the molecule is Cc1c(C)n(-c2cccc(Cl)c2)c2ncnc(N/N=C3\C(=O)Nc4c(Cl)ccc(Cl)c43)c12. The number of nitrogens with one attached hydrogen (secondary N) is 2. The van der Waals surface area contributed by atoms with Crippen molar-refractivity contribution >= 4 is 69.0 Å². The molecule has 160 valence electrons. The number of hydrazone groups is 1. The highest BCUT2D eigenvalue weighted by molar-refractivity contribution is 6.58. The van der Waals surface area contributed by atoms with Gasteiger partial charge in [-0.25, -0.2) is 9.97 Å². The zero-order valence-electron chi connectivity index (χ0n) is 16.9. The summed E-state index contributed by atoms with van der Waals surface area (Å²) in [4.78, 5) is 21.4. The minimum absolute atomic E-state index is 0.128. The highest BCUT2D eigenvalue weighted by Crippen LogP contribution is 2.37. The van der Waals surface area contributed by atoms with Gasteiger partial charge in [0.2, 0.25) is 0 Å². The third-order valence-electron chi connectivity index (χ3n) is 5.43. The molecule has 0 saturated heterocycles. The quantitative estimate of drug-likeness (QED) is 0.361. The van der Waals surface area contributed by atoms with E-state index in [0.29, 0.717) is 37.8 Å². The van der Waals surface area contributed by atoms with Crippen molar-refractivity contribution in [3.05, 3.63) is 74.6 Å². The first-order valence-corrected chi connectivity index (χ1v) is 10.7. The Hall–Kier alpha value is -3.13. The van der Waals surface area contributed by atoms with Gasteiger partial charge in [0, 0.05) is 16.4 Å². The van der Waals surface area contributed by atoms with Crippen molar-refractivity contribution in [2.45, 2.75) is 13.8 Å². The maximum atomic E-state index is 12.5. The molecular weight excluding hydrogens is 471 g/mol. The zero-order valence-corrected chi connectivity index (χ0v) is 19.1. The van der Waals surface area contributed by atoms with E-state index in [2.05, 4.69) is 25.8 Å². The minimum atomic E-state index is -0.405. The summed E-state index contributed by atoms with van der Waals surface area (Å²) >= 11 is 18.7. The van der Waals surface area contributed by atoms with Crippen LogP contribution in [0.15, 0.2) is 47.8 Å². The van der Waals surface area contributed by atoms with Crippen molar-refractivity contribution in [3.8, 4) is 5.69 Å². The van der Waals surface area contributed by atoms with E-state index in [9.17, 15) is 4.79 Å². The molecule has 10 heteroatoms. The van der Waals surface area contributed by atoms with Gasteiger partial charge in [-0.3, -0.25) is 14.8 Å². The van der Waals surface area contributed by atoms with Crippen LogP contribution in [0.2, 0.25) is 15.1 Å². The number of nitrogens with zero attached hydrogens (tertiary/aromatic N) is 4. The predicted molar refractivity (Wildman–Crippen MR) is 129 cm³/mol. The number of aromatic nitrogens is 3. The van der Waals surface area contributed by atoms with Crippen molar-refractivity contribution in [1.82, 2.24) is 14.5 Å². The molecule has 0 unspecified atom stereocenters. The van der Waals surface area contributed by atoms with Crippen molar-refractivity contribution < 1.29 is 4.79 Å². The number of benzene rings is 2. The standard InChI is InChI=1S/C22H15Cl3N6O/c1-10-11(2)31(13-5-3-4-12(23)8-13)21-16(10)20(26-9-27-21)30-29-19-17-14(24)6-7-15(25)18(17)28-22(19)32/h3-9H,1-2H3,(H,26,27,30)(H,28,29,32). The minimum Gasteiger partial charge on any atom is -0.319 e. The number of rotatable bonds is 3. The molecule has 7 nitrogen and oxygen atoms in total. The Labute approximate surface area is 198 Å². The number of hydrogen-bond donors (Lipinski definition) is 2. The molecule has 3 heterocycles. The Morgan fingerprint density at radius 1 is 1.06 bits per heavy atom. The molecule has 0 radical (unpaired) electrons. The van der Waals surface area contributed by atoms with Gasteiger partial charge in [-0.2, -0.15) is 5.10 Å². The maximum absolute atomic E-state index is 12.5. The van der Waals surface area contributed by atoms with E-state index in [1.807, 2.05) is 42.7 Å². The Kier molecular flexibility index (Phi) is 5.04. The van der Waals surface area contributed by atoms with Crippen LogP contribution in [-0.2, 0) is 4.79 Å². The van der Waals surface area contributed by atoms with Gasteiger partial charge >= 0.3 is 0 Å². The fraction of sp³-hybridized carbons (Fsp3) is 0.0909. The van der Waals surface area contributed by atoms with Crippen LogP contribution in [0.5, 0.6) is 0 Å². The van der Waals surface area contributed by atoms with Crippen LogP contribution in [0.4, 0.5) is 11.5 Å². The Morgan fingerprint density at radius 3 is 2.62 bits per heavy atom. The first kappa shape index (κ1) is 20.8. The molecule has 0 bridgehead atoms. The highest BCUT2D eigenvalue weighted by atomic mass is 35.5. The van der Waals surface area contributed by atoms with Crippen LogP contribution >= 0.6 is 34.8 Å². The largest absolute Gasteiger partial charge is 0.319 e. The summed E-state index contributed by atoms with van der Waals surface area (Å²) in [5.74, 6) is 0.0560. The van der Waals surface area contributed by atoms with E-state index in [0.717, 1.165) is 22.3 Å². The summed E-state index contributed by atoms with van der Waals surface area (Å²) in [6.07, 6.45) is 1.44. The summed E-state index contributed by atoms with van der Waals surface area (Å²) in [5.41, 5.74) is 7.48. The summed E-state index contributed by atoms with van der Waals surface area (Å²) in [7, 11) is 0. The molecule has 2 aromatic carbocycles. The van der Waals surface area contributed by atoms with Gasteiger partial charge in [-0.1, -0.05) is 40.9 Å². The number of carbonyl (C=O) groups excluding carboxylic acids is 1. The molecule has 1 amide bonds. The molecule has 0 atom stereocenters. The highest BCUT2D eigenvalue weighted by Gasteiger charge is 2.31. The van der Waals surface area contributed by atoms with E-state index >= 15 is 0 Å². The molecule has 0 spiro atoms. The third kappa shape index (κ3) is 3.21. The van der Waals surface area contributed by atoms with Gasteiger partial charge in [-0.15, -0.1) is 0 Å². The van der Waals surface area contributed by atoms with Crippen LogP contribution in [-0.4, -0.2) is 26.2 Å². The average molecular weight is 486 g/mol. The smallest absolute Gasteiger partial charge is 0.276 e. The topological polar surface area (TPSA) is 84.2 Å². The number of anilines is 2. The van der Waals surface area contributed by atoms with E-state index in [1.165, 1.54) is 6.33 Å². The van der Waals surface area contributed by atoms with Gasteiger partial charge in [0.25, 0.3) is 5.91 Å². The van der Waals surface area contributed by atoms with Gasteiger partial charge in [0.15, 0.2) is 17.2 Å². The number of amides is 1. The van der Waals surface area contributed by atoms with E-state index in [4.69, 9.17) is 34.8 Å². The lowest BCUT2D eigenvalue weighted by Gasteiger charge is -2.08. The van der Waals surface area contributed by atoms with Crippen LogP contribution < -0.4 is 10.7 Å². The second-order valence-corrected chi connectivity index (χ2v) is 8.50.